The zero-order valence-corrected chi connectivity index (χ0v) is 21.7. The SMILES string of the molecule is CCC1OCC1c1cccc(OCc2ccc(CN3CCC4(CC3)CN(C)c3ccccc34)cc2)c1. The first-order valence-electron chi connectivity index (χ1n) is 13.6. The predicted molar refractivity (Wildman–Crippen MR) is 146 cm³/mol. The number of likely N-dealkylation sites (N-methyl/N-ethyl adjacent to an activating group) is 1. The Morgan fingerprint density at radius 3 is 2.47 bits per heavy atom. The molecular weight excluding hydrogens is 444 g/mol. The monoisotopic (exact) mass is 482 g/mol. The summed E-state index contributed by atoms with van der Waals surface area (Å²) in [6, 6.07) is 26.5. The van der Waals surface area contributed by atoms with Crippen LogP contribution in [-0.2, 0) is 23.3 Å². The second-order valence-corrected chi connectivity index (χ2v) is 11.0. The highest BCUT2D eigenvalue weighted by Gasteiger charge is 2.43. The van der Waals surface area contributed by atoms with Crippen molar-refractivity contribution in [1.29, 1.82) is 0 Å². The molecule has 6 rings (SSSR count). The van der Waals surface area contributed by atoms with E-state index < -0.39 is 0 Å². The lowest BCUT2D eigenvalue weighted by atomic mass is 9.74. The van der Waals surface area contributed by atoms with E-state index in [1.807, 2.05) is 0 Å². The van der Waals surface area contributed by atoms with Crippen LogP contribution < -0.4 is 9.64 Å². The Morgan fingerprint density at radius 2 is 1.72 bits per heavy atom. The number of anilines is 1. The smallest absolute Gasteiger partial charge is 0.120 e. The molecule has 3 aromatic rings. The van der Waals surface area contributed by atoms with Crippen molar-refractivity contribution in [3.05, 3.63) is 95.1 Å². The summed E-state index contributed by atoms with van der Waals surface area (Å²) in [4.78, 5) is 5.07. The minimum atomic E-state index is 0.337. The second-order valence-electron chi connectivity index (χ2n) is 11.0. The summed E-state index contributed by atoms with van der Waals surface area (Å²) < 4.78 is 11.8. The summed E-state index contributed by atoms with van der Waals surface area (Å²) in [7, 11) is 2.24. The van der Waals surface area contributed by atoms with Crippen LogP contribution in [-0.4, -0.2) is 44.3 Å². The second kappa shape index (κ2) is 9.91. The first-order chi connectivity index (χ1) is 17.6. The lowest BCUT2D eigenvalue weighted by Gasteiger charge is -2.40. The molecule has 0 amide bonds. The van der Waals surface area contributed by atoms with Gasteiger partial charge in [0.05, 0.1) is 12.7 Å². The van der Waals surface area contributed by atoms with E-state index in [1.54, 1.807) is 5.56 Å². The predicted octanol–water partition coefficient (Wildman–Crippen LogP) is 6.14. The van der Waals surface area contributed by atoms with Crippen LogP contribution in [0.4, 0.5) is 5.69 Å². The number of nitrogens with zero attached hydrogens (tertiary/aromatic N) is 2. The number of fused-ring (bicyclic) bond motifs is 2. The maximum Gasteiger partial charge on any atom is 0.120 e. The summed E-state index contributed by atoms with van der Waals surface area (Å²) in [5.74, 6) is 1.45. The van der Waals surface area contributed by atoms with E-state index in [0.717, 1.165) is 45.0 Å². The molecule has 2 atom stereocenters. The largest absolute Gasteiger partial charge is 0.489 e. The van der Waals surface area contributed by atoms with Gasteiger partial charge in [-0.1, -0.05) is 61.5 Å². The van der Waals surface area contributed by atoms with Crippen LogP contribution in [0, 0.1) is 0 Å². The van der Waals surface area contributed by atoms with Crippen molar-refractivity contribution in [2.45, 2.75) is 56.8 Å². The van der Waals surface area contributed by atoms with E-state index >= 15 is 0 Å². The number of piperidine rings is 1. The summed E-state index contributed by atoms with van der Waals surface area (Å²) in [5, 5.41) is 0. The molecule has 0 aliphatic carbocycles. The molecular formula is C32H38N2O2. The van der Waals surface area contributed by atoms with Gasteiger partial charge in [0.1, 0.15) is 12.4 Å². The number of benzene rings is 3. The summed E-state index contributed by atoms with van der Waals surface area (Å²) in [6.45, 7) is 8.12. The maximum atomic E-state index is 6.15. The van der Waals surface area contributed by atoms with E-state index in [-0.39, 0.29) is 0 Å². The molecule has 0 N–H and O–H groups in total. The molecule has 0 aromatic heterocycles. The van der Waals surface area contributed by atoms with Crippen molar-refractivity contribution in [3.8, 4) is 5.75 Å². The van der Waals surface area contributed by atoms with Crippen molar-refractivity contribution >= 4 is 5.69 Å². The van der Waals surface area contributed by atoms with Crippen molar-refractivity contribution in [1.82, 2.24) is 4.90 Å². The van der Waals surface area contributed by atoms with Crippen molar-refractivity contribution in [3.63, 3.8) is 0 Å². The molecule has 2 unspecified atom stereocenters. The van der Waals surface area contributed by atoms with Crippen LogP contribution in [0.2, 0.25) is 0 Å². The molecule has 3 heterocycles. The van der Waals surface area contributed by atoms with Crippen LogP contribution >= 0.6 is 0 Å². The molecule has 4 heteroatoms. The van der Waals surface area contributed by atoms with Gasteiger partial charge >= 0.3 is 0 Å². The molecule has 2 saturated heterocycles. The fraction of sp³-hybridized carbons (Fsp3) is 0.438. The minimum absolute atomic E-state index is 0.337. The van der Waals surface area contributed by atoms with Gasteiger partial charge in [-0.05, 0) is 72.8 Å². The van der Waals surface area contributed by atoms with Crippen molar-refractivity contribution in [2.24, 2.45) is 0 Å². The lowest BCUT2D eigenvalue weighted by molar-refractivity contribution is -0.0778. The topological polar surface area (TPSA) is 24.9 Å². The molecule has 36 heavy (non-hydrogen) atoms. The summed E-state index contributed by atoms with van der Waals surface area (Å²) >= 11 is 0. The molecule has 0 bridgehead atoms. The molecule has 0 saturated carbocycles. The van der Waals surface area contributed by atoms with Crippen LogP contribution in [0.25, 0.3) is 0 Å². The third-order valence-corrected chi connectivity index (χ3v) is 8.70. The van der Waals surface area contributed by atoms with E-state index in [4.69, 9.17) is 9.47 Å². The molecule has 3 aromatic carbocycles. The van der Waals surface area contributed by atoms with E-state index in [1.165, 1.54) is 35.2 Å². The molecule has 0 radical (unpaired) electrons. The fourth-order valence-corrected chi connectivity index (χ4v) is 6.49. The standard InChI is InChI=1S/C32H38N2O2/c1-3-31-28(22-36-31)26-7-6-8-27(19-26)35-21-25-13-11-24(12-14-25)20-34-17-15-32(16-18-34)23-33(2)30-10-5-4-9-29(30)32/h4-14,19,28,31H,3,15-18,20-23H2,1-2H3. The maximum absolute atomic E-state index is 6.15. The Morgan fingerprint density at radius 1 is 0.944 bits per heavy atom. The molecule has 3 aliphatic heterocycles. The molecule has 2 fully saturated rings. The van der Waals surface area contributed by atoms with Crippen LogP contribution in [0.5, 0.6) is 5.75 Å². The highest BCUT2D eigenvalue weighted by atomic mass is 16.5. The minimum Gasteiger partial charge on any atom is -0.489 e. The van der Waals surface area contributed by atoms with E-state index in [9.17, 15) is 0 Å². The Bertz CT molecular complexity index is 1180. The summed E-state index contributed by atoms with van der Waals surface area (Å²) in [6.07, 6.45) is 3.90. The first-order valence-corrected chi connectivity index (χ1v) is 13.6. The zero-order valence-electron chi connectivity index (χ0n) is 21.7. The Balaban J connectivity index is 1.01. The molecule has 4 nitrogen and oxygen atoms in total. The van der Waals surface area contributed by atoms with Gasteiger partial charge in [-0.25, -0.2) is 0 Å². The number of rotatable bonds is 7. The Hall–Kier alpha value is -2.82. The van der Waals surface area contributed by atoms with Gasteiger partial charge in [0, 0.05) is 37.2 Å². The van der Waals surface area contributed by atoms with Crippen LogP contribution in [0.3, 0.4) is 0 Å². The normalized spacial score (nSPS) is 22.9. The van der Waals surface area contributed by atoms with Gasteiger partial charge in [-0.3, -0.25) is 4.90 Å². The van der Waals surface area contributed by atoms with Crippen LogP contribution in [0.1, 0.15) is 54.4 Å². The molecule has 188 valence electrons. The lowest BCUT2D eigenvalue weighted by Crippen LogP contribution is -2.44. The highest BCUT2D eigenvalue weighted by molar-refractivity contribution is 5.62. The average molecular weight is 483 g/mol. The van der Waals surface area contributed by atoms with Gasteiger partial charge in [0.15, 0.2) is 0 Å². The van der Waals surface area contributed by atoms with E-state index in [0.29, 0.717) is 24.0 Å². The van der Waals surface area contributed by atoms with Gasteiger partial charge in [0.2, 0.25) is 0 Å². The van der Waals surface area contributed by atoms with Gasteiger partial charge < -0.3 is 14.4 Å². The fourth-order valence-electron chi connectivity index (χ4n) is 6.49. The van der Waals surface area contributed by atoms with Gasteiger partial charge in [-0.15, -0.1) is 0 Å². The number of likely N-dealkylation sites (tertiary alicyclic amines) is 1. The first kappa shape index (κ1) is 23.6. The number of hydrogen-bond acceptors (Lipinski definition) is 4. The molecule has 1 spiro atoms. The summed E-state index contributed by atoms with van der Waals surface area (Å²) in [5.41, 5.74) is 7.26. The van der Waals surface area contributed by atoms with Crippen molar-refractivity contribution in [2.75, 3.05) is 38.2 Å². The van der Waals surface area contributed by atoms with Gasteiger partial charge in [-0.2, -0.15) is 0 Å². The third kappa shape index (κ3) is 4.53. The van der Waals surface area contributed by atoms with Crippen LogP contribution in [0.15, 0.2) is 72.8 Å². The quantitative estimate of drug-likeness (QED) is 0.404. The van der Waals surface area contributed by atoms with Crippen molar-refractivity contribution < 1.29 is 9.47 Å². The average Bonchev–Trinajstić information content (AvgIpc) is 3.16. The van der Waals surface area contributed by atoms with E-state index in [2.05, 4.69) is 96.6 Å². The number of hydrogen-bond donors (Lipinski definition) is 0. The highest BCUT2D eigenvalue weighted by Crippen LogP contribution is 2.46. The number of para-hydroxylation sites is 1. The molecule has 3 aliphatic rings. The zero-order chi connectivity index (χ0) is 24.5. The third-order valence-electron chi connectivity index (χ3n) is 8.70. The van der Waals surface area contributed by atoms with Gasteiger partial charge in [0.25, 0.3) is 0 Å². The number of ether oxygens (including phenoxy) is 2. The Kier molecular flexibility index (Phi) is 6.49. The Labute approximate surface area is 215 Å².